The highest BCUT2D eigenvalue weighted by Crippen LogP contribution is 2.39. The number of hydrogen-bond donors (Lipinski definition) is 2. The average Bonchev–Trinajstić information content (AvgIpc) is 3.62. The predicted molar refractivity (Wildman–Crippen MR) is 136 cm³/mol. The Balaban J connectivity index is 1.27. The van der Waals surface area contributed by atoms with Gasteiger partial charge in [-0.05, 0) is 51.6 Å². The zero-order valence-corrected chi connectivity index (χ0v) is 21.1. The van der Waals surface area contributed by atoms with Crippen LogP contribution in [0.1, 0.15) is 42.9 Å². The molecule has 2 fully saturated rings. The number of anilines is 1. The summed E-state index contributed by atoms with van der Waals surface area (Å²) in [4.78, 5) is 43.0. The number of H-pyrrole nitrogens is 1. The molecule has 1 aliphatic carbocycles. The fraction of sp³-hybridized carbons (Fsp3) is 0.462. The first-order valence-electron chi connectivity index (χ1n) is 12.3. The lowest BCUT2D eigenvalue weighted by Gasteiger charge is -2.33. The Bertz CT molecular complexity index is 1120. The summed E-state index contributed by atoms with van der Waals surface area (Å²) in [7, 11) is 3.88. The Labute approximate surface area is 211 Å². The van der Waals surface area contributed by atoms with Gasteiger partial charge in [0.05, 0.1) is 5.92 Å². The minimum Gasteiger partial charge on any atom is -0.410 e. The maximum atomic E-state index is 12.8. The number of ether oxygens (including phenoxy) is 1. The molecule has 1 aromatic heterocycles. The molecule has 0 bridgehead atoms. The number of benzene rings is 1. The van der Waals surface area contributed by atoms with Gasteiger partial charge in [0, 0.05) is 56.5 Å². The highest BCUT2D eigenvalue weighted by atomic mass is 16.6. The first kappa shape index (κ1) is 25.4. The van der Waals surface area contributed by atoms with Crippen molar-refractivity contribution in [3.8, 4) is 5.75 Å². The summed E-state index contributed by atoms with van der Waals surface area (Å²) in [6, 6.07) is 8.87. The normalized spacial score (nSPS) is 16.9. The van der Waals surface area contributed by atoms with Crippen LogP contribution in [0.4, 0.5) is 10.6 Å². The number of amides is 3. The predicted octanol–water partition coefficient (Wildman–Crippen LogP) is 2.79. The summed E-state index contributed by atoms with van der Waals surface area (Å²) < 4.78 is 5.58. The number of nitrogens with zero attached hydrogens (tertiary/aromatic N) is 4. The molecule has 1 aliphatic heterocycles. The fourth-order valence-electron chi connectivity index (χ4n) is 3.98. The van der Waals surface area contributed by atoms with Crippen molar-refractivity contribution in [2.75, 3.05) is 52.1 Å². The number of aromatic nitrogens is 2. The Hall–Kier alpha value is -3.66. The Kier molecular flexibility index (Phi) is 8.04. The van der Waals surface area contributed by atoms with Crippen LogP contribution >= 0.6 is 0 Å². The molecule has 3 amide bonds. The second-order valence-corrected chi connectivity index (χ2v) is 9.61. The summed E-state index contributed by atoms with van der Waals surface area (Å²) >= 11 is 0. The summed E-state index contributed by atoms with van der Waals surface area (Å²) in [5.41, 5.74) is 1.79. The van der Waals surface area contributed by atoms with Gasteiger partial charge in [-0.2, -0.15) is 5.10 Å². The molecule has 0 radical (unpaired) electrons. The number of piperazine rings is 1. The second kappa shape index (κ2) is 11.4. The van der Waals surface area contributed by atoms with Gasteiger partial charge in [0.2, 0.25) is 11.8 Å². The highest BCUT2D eigenvalue weighted by Gasteiger charge is 2.27. The second-order valence-electron chi connectivity index (χ2n) is 9.61. The number of likely N-dealkylation sites (N-methyl/N-ethyl adjacent to an activating group) is 1. The molecule has 2 aromatic rings. The zero-order chi connectivity index (χ0) is 25.7. The first-order chi connectivity index (χ1) is 17.3. The van der Waals surface area contributed by atoms with Gasteiger partial charge in [0.15, 0.2) is 5.82 Å². The Morgan fingerprint density at radius 2 is 1.89 bits per heavy atom. The number of carbonyl (C=O) groups is 3. The molecule has 10 nitrogen and oxygen atoms in total. The molecule has 1 atom stereocenters. The standard InChI is InChI=1S/C26H34N6O4/c1-18(25(34)27-23-17-22(28-29-23)19-9-10-19)20-6-4-7-21(16-20)36-26(35)32-14-12-31(13-15-32)24(33)8-5-11-30(2)3/h4-8,16-19H,9-15H2,1-3H3,(H2,27,28,29,34)/b8-5+. The fourth-order valence-corrected chi connectivity index (χ4v) is 3.98. The van der Waals surface area contributed by atoms with E-state index in [2.05, 4.69) is 15.5 Å². The summed E-state index contributed by atoms with van der Waals surface area (Å²) in [5, 5.41) is 10.0. The van der Waals surface area contributed by atoms with E-state index in [1.807, 2.05) is 37.2 Å². The van der Waals surface area contributed by atoms with Gasteiger partial charge in [-0.3, -0.25) is 14.7 Å². The van der Waals surface area contributed by atoms with Gasteiger partial charge in [-0.15, -0.1) is 0 Å². The molecule has 1 saturated heterocycles. The molecule has 0 spiro atoms. The van der Waals surface area contributed by atoms with Crippen molar-refractivity contribution >= 4 is 23.7 Å². The third-order valence-electron chi connectivity index (χ3n) is 6.40. The van der Waals surface area contributed by atoms with Crippen LogP contribution in [-0.4, -0.2) is 89.6 Å². The number of carbonyl (C=O) groups excluding carboxylic acids is 3. The van der Waals surface area contributed by atoms with Crippen LogP contribution in [0.3, 0.4) is 0 Å². The molecule has 36 heavy (non-hydrogen) atoms. The van der Waals surface area contributed by atoms with Crippen LogP contribution in [0.15, 0.2) is 42.5 Å². The van der Waals surface area contributed by atoms with Crippen molar-refractivity contribution in [3.63, 3.8) is 0 Å². The largest absolute Gasteiger partial charge is 0.415 e. The van der Waals surface area contributed by atoms with Crippen LogP contribution in [0.2, 0.25) is 0 Å². The van der Waals surface area contributed by atoms with Crippen LogP contribution in [0, 0.1) is 0 Å². The number of nitrogens with one attached hydrogen (secondary N) is 2. The smallest absolute Gasteiger partial charge is 0.410 e. The highest BCUT2D eigenvalue weighted by molar-refractivity contribution is 5.95. The zero-order valence-electron chi connectivity index (χ0n) is 21.1. The van der Waals surface area contributed by atoms with E-state index in [0.717, 1.165) is 24.1 Å². The maximum absolute atomic E-state index is 12.8. The lowest BCUT2D eigenvalue weighted by Crippen LogP contribution is -2.51. The topological polar surface area (TPSA) is 111 Å². The van der Waals surface area contributed by atoms with Crippen molar-refractivity contribution < 1.29 is 19.1 Å². The SMILES string of the molecule is CC(C(=O)Nc1cc(C2CC2)[nH]n1)c1cccc(OC(=O)N2CCN(C(=O)/C=C/CN(C)C)CC2)c1. The van der Waals surface area contributed by atoms with E-state index in [-0.39, 0.29) is 11.8 Å². The third-order valence-corrected chi connectivity index (χ3v) is 6.40. The molecule has 2 heterocycles. The Morgan fingerprint density at radius 1 is 1.17 bits per heavy atom. The molecule has 1 unspecified atom stereocenters. The average molecular weight is 495 g/mol. The molecule has 1 saturated carbocycles. The number of aromatic amines is 1. The molecule has 2 aliphatic rings. The van der Waals surface area contributed by atoms with E-state index < -0.39 is 12.0 Å². The van der Waals surface area contributed by atoms with E-state index in [0.29, 0.717) is 50.2 Å². The summed E-state index contributed by atoms with van der Waals surface area (Å²) in [6.45, 7) is 4.20. The summed E-state index contributed by atoms with van der Waals surface area (Å²) in [6.07, 6.45) is 5.25. The van der Waals surface area contributed by atoms with Crippen molar-refractivity contribution in [2.45, 2.75) is 31.6 Å². The van der Waals surface area contributed by atoms with E-state index in [4.69, 9.17) is 4.74 Å². The summed E-state index contributed by atoms with van der Waals surface area (Å²) in [5.74, 6) is 0.719. The van der Waals surface area contributed by atoms with Gasteiger partial charge in [0.25, 0.3) is 0 Å². The molecule has 1 aromatic carbocycles. The Morgan fingerprint density at radius 3 is 2.58 bits per heavy atom. The molecular weight excluding hydrogens is 460 g/mol. The molecule has 2 N–H and O–H groups in total. The molecular formula is C26H34N6O4. The van der Waals surface area contributed by atoms with E-state index >= 15 is 0 Å². The van der Waals surface area contributed by atoms with Gasteiger partial charge in [-0.25, -0.2) is 4.79 Å². The van der Waals surface area contributed by atoms with E-state index in [1.54, 1.807) is 41.0 Å². The van der Waals surface area contributed by atoms with Gasteiger partial charge < -0.3 is 24.8 Å². The third kappa shape index (κ3) is 6.72. The minimum atomic E-state index is -0.469. The van der Waals surface area contributed by atoms with Gasteiger partial charge in [-0.1, -0.05) is 18.2 Å². The maximum Gasteiger partial charge on any atom is 0.415 e. The van der Waals surface area contributed by atoms with Crippen LogP contribution in [-0.2, 0) is 9.59 Å². The number of rotatable bonds is 8. The monoisotopic (exact) mass is 494 g/mol. The van der Waals surface area contributed by atoms with Gasteiger partial charge in [0.1, 0.15) is 5.75 Å². The van der Waals surface area contributed by atoms with Crippen molar-refractivity contribution in [1.82, 2.24) is 24.9 Å². The quantitative estimate of drug-likeness (QED) is 0.546. The molecule has 4 rings (SSSR count). The van der Waals surface area contributed by atoms with Crippen molar-refractivity contribution in [2.24, 2.45) is 0 Å². The molecule has 10 heteroatoms. The first-order valence-corrected chi connectivity index (χ1v) is 12.3. The lowest BCUT2D eigenvalue weighted by molar-refractivity contribution is -0.127. The van der Waals surface area contributed by atoms with Crippen molar-refractivity contribution in [3.05, 3.63) is 53.7 Å². The lowest BCUT2D eigenvalue weighted by atomic mass is 10.00. The number of hydrogen-bond acceptors (Lipinski definition) is 6. The van der Waals surface area contributed by atoms with Crippen LogP contribution in [0.5, 0.6) is 5.75 Å². The van der Waals surface area contributed by atoms with E-state index in [9.17, 15) is 14.4 Å². The van der Waals surface area contributed by atoms with Crippen molar-refractivity contribution in [1.29, 1.82) is 0 Å². The van der Waals surface area contributed by atoms with Crippen LogP contribution in [0.25, 0.3) is 0 Å². The molecule has 192 valence electrons. The minimum absolute atomic E-state index is 0.0524. The van der Waals surface area contributed by atoms with Gasteiger partial charge >= 0.3 is 6.09 Å². The van der Waals surface area contributed by atoms with Crippen LogP contribution < -0.4 is 10.1 Å². The van der Waals surface area contributed by atoms with E-state index in [1.165, 1.54) is 0 Å².